The van der Waals surface area contributed by atoms with Gasteiger partial charge in [0.05, 0.1) is 12.8 Å². The summed E-state index contributed by atoms with van der Waals surface area (Å²) in [4.78, 5) is 16.7. The zero-order chi connectivity index (χ0) is 17.5. The van der Waals surface area contributed by atoms with E-state index in [9.17, 15) is 4.79 Å². The topological polar surface area (TPSA) is 63.2 Å². The van der Waals surface area contributed by atoms with Crippen molar-refractivity contribution in [2.45, 2.75) is 26.7 Å². The Balaban J connectivity index is 2.15. The Labute approximate surface area is 147 Å². The first-order valence-electron chi connectivity index (χ1n) is 7.90. The number of methoxy groups -OCH3 is 1. The molecule has 1 aromatic heterocycles. The largest absolute Gasteiger partial charge is 0.495 e. The maximum atomic E-state index is 12.5. The molecule has 2 N–H and O–H groups in total. The quantitative estimate of drug-likeness (QED) is 0.723. The van der Waals surface area contributed by atoms with Gasteiger partial charge in [0.1, 0.15) is 11.6 Å². The molecule has 1 aromatic carbocycles. The first kappa shape index (κ1) is 18.1. The number of nitrogens with zero attached hydrogens (tertiary/aromatic N) is 1. The van der Waals surface area contributed by atoms with Crippen molar-refractivity contribution in [3.05, 3.63) is 46.6 Å². The number of nitrogens with one attached hydrogen (secondary N) is 2. The molecule has 5 nitrogen and oxygen atoms in total. The highest BCUT2D eigenvalue weighted by Gasteiger charge is 2.12. The normalized spacial score (nSPS) is 10.3. The molecule has 6 heteroatoms. The van der Waals surface area contributed by atoms with Crippen LogP contribution in [0.25, 0.3) is 0 Å². The van der Waals surface area contributed by atoms with Crippen molar-refractivity contribution in [1.82, 2.24) is 4.98 Å². The molecule has 0 radical (unpaired) electrons. The Kier molecular flexibility index (Phi) is 6.44. The minimum Gasteiger partial charge on any atom is -0.495 e. The molecule has 0 unspecified atom stereocenters. The molecule has 2 aromatic rings. The number of halogens is 1. The number of carbonyl (C=O) groups excluding carboxylic acids is 1. The van der Waals surface area contributed by atoms with E-state index in [2.05, 4.69) is 22.5 Å². The number of hydrogen-bond donors (Lipinski definition) is 2. The van der Waals surface area contributed by atoms with Crippen molar-refractivity contribution < 1.29 is 9.53 Å². The maximum absolute atomic E-state index is 12.5. The Morgan fingerprint density at radius 1 is 1.33 bits per heavy atom. The number of unbranched alkanes of at least 4 members (excludes halogenated alkanes) is 1. The summed E-state index contributed by atoms with van der Waals surface area (Å²) >= 11 is 6.09. The van der Waals surface area contributed by atoms with E-state index in [4.69, 9.17) is 16.3 Å². The van der Waals surface area contributed by atoms with Crippen LogP contribution in [0.3, 0.4) is 0 Å². The minimum absolute atomic E-state index is 0.226. The summed E-state index contributed by atoms with van der Waals surface area (Å²) in [7, 11) is 1.54. The first-order valence-corrected chi connectivity index (χ1v) is 8.28. The van der Waals surface area contributed by atoms with Crippen LogP contribution < -0.4 is 15.4 Å². The molecule has 0 atom stereocenters. The molecule has 24 heavy (non-hydrogen) atoms. The summed E-state index contributed by atoms with van der Waals surface area (Å²) in [6.07, 6.45) is 3.77. The van der Waals surface area contributed by atoms with Gasteiger partial charge in [-0.15, -0.1) is 0 Å². The molecule has 0 aliphatic carbocycles. The molecule has 0 saturated heterocycles. The molecule has 0 bridgehead atoms. The van der Waals surface area contributed by atoms with Crippen LogP contribution in [0.4, 0.5) is 11.5 Å². The van der Waals surface area contributed by atoms with E-state index in [1.807, 2.05) is 6.92 Å². The van der Waals surface area contributed by atoms with E-state index in [1.54, 1.807) is 37.6 Å². The summed E-state index contributed by atoms with van der Waals surface area (Å²) in [5, 5.41) is 6.67. The second-order valence-corrected chi connectivity index (χ2v) is 5.87. The lowest BCUT2D eigenvalue weighted by molar-refractivity contribution is 0.102. The van der Waals surface area contributed by atoms with Gasteiger partial charge in [0, 0.05) is 29.4 Å². The average molecular weight is 348 g/mol. The minimum atomic E-state index is -0.226. The van der Waals surface area contributed by atoms with E-state index in [-0.39, 0.29) is 5.91 Å². The predicted octanol–water partition coefficient (Wildman–Crippen LogP) is 4.52. The molecule has 0 aliphatic heterocycles. The second kappa shape index (κ2) is 8.55. The fourth-order valence-electron chi connectivity index (χ4n) is 2.19. The number of pyridine rings is 1. The van der Waals surface area contributed by atoms with Crippen molar-refractivity contribution in [1.29, 1.82) is 0 Å². The number of hydrogen-bond acceptors (Lipinski definition) is 4. The molecule has 1 heterocycles. The fraction of sp³-hybridized carbons (Fsp3) is 0.333. The van der Waals surface area contributed by atoms with Crippen LogP contribution in [-0.4, -0.2) is 24.5 Å². The summed E-state index contributed by atoms with van der Waals surface area (Å²) in [6.45, 7) is 4.83. The van der Waals surface area contributed by atoms with E-state index >= 15 is 0 Å². The highest BCUT2D eigenvalue weighted by Crippen LogP contribution is 2.31. The monoisotopic (exact) mass is 347 g/mol. The van der Waals surface area contributed by atoms with Gasteiger partial charge in [-0.2, -0.15) is 0 Å². The third-order valence-corrected chi connectivity index (χ3v) is 3.99. The first-order chi connectivity index (χ1) is 11.5. The number of anilines is 2. The standard InChI is InChI=1S/C18H22ClN3O2/c1-4-5-7-20-17-10-13(6-8-21-17)18(23)22-15-9-12(2)14(19)11-16(15)24-3/h6,8-11H,4-5,7H2,1-3H3,(H,20,21)(H,22,23). The zero-order valence-corrected chi connectivity index (χ0v) is 14.9. The molecule has 1 amide bonds. The van der Waals surface area contributed by atoms with Crippen molar-refractivity contribution >= 4 is 29.0 Å². The van der Waals surface area contributed by atoms with Gasteiger partial charge in [0.15, 0.2) is 0 Å². The highest BCUT2D eigenvalue weighted by atomic mass is 35.5. The van der Waals surface area contributed by atoms with Crippen molar-refractivity contribution in [2.24, 2.45) is 0 Å². The number of ether oxygens (including phenoxy) is 1. The Bertz CT molecular complexity index is 719. The SMILES string of the molecule is CCCCNc1cc(C(=O)Nc2cc(C)c(Cl)cc2OC)ccn1. The third kappa shape index (κ3) is 4.61. The summed E-state index contributed by atoms with van der Waals surface area (Å²) in [5.74, 6) is 0.987. The second-order valence-electron chi connectivity index (χ2n) is 5.47. The lowest BCUT2D eigenvalue weighted by Crippen LogP contribution is -2.14. The van der Waals surface area contributed by atoms with Gasteiger partial charge < -0.3 is 15.4 Å². The molecule has 0 aliphatic rings. The summed E-state index contributed by atoms with van der Waals surface area (Å²) in [5.41, 5.74) is 1.98. The van der Waals surface area contributed by atoms with Gasteiger partial charge in [-0.05, 0) is 37.1 Å². The molecular weight excluding hydrogens is 326 g/mol. The molecule has 128 valence electrons. The number of benzene rings is 1. The molecule has 0 saturated carbocycles. The van der Waals surface area contributed by atoms with Gasteiger partial charge >= 0.3 is 0 Å². The molecular formula is C18H22ClN3O2. The van der Waals surface area contributed by atoms with Gasteiger partial charge in [-0.1, -0.05) is 24.9 Å². The van der Waals surface area contributed by atoms with Gasteiger partial charge in [-0.25, -0.2) is 4.98 Å². The van der Waals surface area contributed by atoms with Crippen molar-refractivity contribution in [2.75, 3.05) is 24.3 Å². The van der Waals surface area contributed by atoms with Crippen LogP contribution in [-0.2, 0) is 0 Å². The smallest absolute Gasteiger partial charge is 0.255 e. The van der Waals surface area contributed by atoms with E-state index in [1.165, 1.54) is 0 Å². The predicted molar refractivity (Wildman–Crippen MR) is 98.3 cm³/mol. The maximum Gasteiger partial charge on any atom is 0.255 e. The van der Waals surface area contributed by atoms with E-state index < -0.39 is 0 Å². The van der Waals surface area contributed by atoms with Gasteiger partial charge in [-0.3, -0.25) is 4.79 Å². The third-order valence-electron chi connectivity index (χ3n) is 3.59. The fourth-order valence-corrected chi connectivity index (χ4v) is 2.34. The summed E-state index contributed by atoms with van der Waals surface area (Å²) in [6, 6.07) is 6.90. The highest BCUT2D eigenvalue weighted by molar-refractivity contribution is 6.31. The molecule has 0 fully saturated rings. The molecule has 2 rings (SSSR count). The van der Waals surface area contributed by atoms with Crippen molar-refractivity contribution in [3.63, 3.8) is 0 Å². The van der Waals surface area contributed by atoms with Crippen LogP contribution >= 0.6 is 11.6 Å². The number of aromatic nitrogens is 1. The van der Waals surface area contributed by atoms with E-state index in [0.717, 1.165) is 24.9 Å². The lowest BCUT2D eigenvalue weighted by atomic mass is 10.2. The van der Waals surface area contributed by atoms with Crippen LogP contribution in [0.2, 0.25) is 5.02 Å². The number of carbonyl (C=O) groups is 1. The van der Waals surface area contributed by atoms with Crippen LogP contribution in [0, 0.1) is 6.92 Å². The average Bonchev–Trinajstić information content (AvgIpc) is 2.58. The zero-order valence-electron chi connectivity index (χ0n) is 14.1. The lowest BCUT2D eigenvalue weighted by Gasteiger charge is -2.13. The van der Waals surface area contributed by atoms with Crippen molar-refractivity contribution in [3.8, 4) is 5.75 Å². The van der Waals surface area contributed by atoms with Crippen LogP contribution in [0.1, 0.15) is 35.7 Å². The Morgan fingerprint density at radius 2 is 2.12 bits per heavy atom. The molecule has 0 spiro atoms. The van der Waals surface area contributed by atoms with Crippen LogP contribution in [0.15, 0.2) is 30.5 Å². The Morgan fingerprint density at radius 3 is 2.83 bits per heavy atom. The Hall–Kier alpha value is -2.27. The van der Waals surface area contributed by atoms with Gasteiger partial charge in [0.25, 0.3) is 5.91 Å². The van der Waals surface area contributed by atoms with Crippen LogP contribution in [0.5, 0.6) is 5.75 Å². The number of aryl methyl sites for hydroxylation is 1. The summed E-state index contributed by atoms with van der Waals surface area (Å²) < 4.78 is 5.28. The number of amides is 1. The van der Waals surface area contributed by atoms with Gasteiger partial charge in [0.2, 0.25) is 0 Å². The number of rotatable bonds is 7. The van der Waals surface area contributed by atoms with E-state index in [0.29, 0.717) is 27.8 Å².